The molecular weight excluding hydrogens is 773 g/mol. The molecular formula is C62H62N2. The van der Waals surface area contributed by atoms with Gasteiger partial charge in [-0.3, -0.25) is 0 Å². The molecule has 320 valence electrons. The van der Waals surface area contributed by atoms with E-state index in [4.69, 9.17) is 0 Å². The van der Waals surface area contributed by atoms with Gasteiger partial charge in [-0.15, -0.1) is 0 Å². The van der Waals surface area contributed by atoms with Crippen LogP contribution in [-0.4, -0.2) is 4.57 Å². The van der Waals surface area contributed by atoms with E-state index in [1.807, 2.05) is 0 Å². The van der Waals surface area contributed by atoms with E-state index in [9.17, 15) is 0 Å². The van der Waals surface area contributed by atoms with Crippen molar-refractivity contribution in [3.8, 4) is 16.8 Å². The average molecular weight is 835 g/mol. The molecule has 10 aromatic rings. The standard InChI is InChI=1S/C62H62N2/c1-59(2,3)42-27-33-54-48(35-42)49-36-43(60(4,5)6)28-34-55(49)64(54)53-32-26-41-23-29-46-52(31-25-40-24-30-47(53)57(41)56(40)46)63(44-21-17-14-18-22-44)45-37-50(61(7,8)9)58(39-19-15-13-16-20-39)51(38-45)62(10,11)12/h13-38H,1-12H3. The normalized spacial score (nSPS) is 13.0. The number of fused-ring (bicyclic) bond motifs is 3. The van der Waals surface area contributed by atoms with Gasteiger partial charge in [0.25, 0.3) is 0 Å². The Morgan fingerprint density at radius 3 is 1.36 bits per heavy atom. The van der Waals surface area contributed by atoms with Crippen LogP contribution in [0.4, 0.5) is 17.1 Å². The van der Waals surface area contributed by atoms with Gasteiger partial charge in [0.15, 0.2) is 0 Å². The van der Waals surface area contributed by atoms with Gasteiger partial charge in [-0.2, -0.15) is 0 Å². The molecule has 0 N–H and O–H groups in total. The van der Waals surface area contributed by atoms with Crippen molar-refractivity contribution in [2.24, 2.45) is 0 Å². The first kappa shape index (κ1) is 41.6. The molecule has 0 radical (unpaired) electrons. The molecule has 0 amide bonds. The van der Waals surface area contributed by atoms with Crippen LogP contribution in [0.2, 0.25) is 0 Å². The first-order chi connectivity index (χ1) is 30.3. The Morgan fingerprint density at radius 2 is 0.844 bits per heavy atom. The highest BCUT2D eigenvalue weighted by Gasteiger charge is 2.30. The lowest BCUT2D eigenvalue weighted by atomic mass is 9.74. The van der Waals surface area contributed by atoms with E-state index in [0.29, 0.717) is 0 Å². The van der Waals surface area contributed by atoms with Crippen LogP contribution < -0.4 is 4.90 Å². The van der Waals surface area contributed by atoms with Crippen molar-refractivity contribution >= 4 is 71.2 Å². The molecule has 0 saturated heterocycles. The van der Waals surface area contributed by atoms with Crippen molar-refractivity contribution in [1.82, 2.24) is 4.57 Å². The third-order valence-corrected chi connectivity index (χ3v) is 13.7. The number of nitrogens with zero attached hydrogens (tertiary/aromatic N) is 2. The second-order valence-corrected chi connectivity index (χ2v) is 22.3. The number of para-hydroxylation sites is 1. The van der Waals surface area contributed by atoms with Gasteiger partial charge in [0.1, 0.15) is 0 Å². The molecule has 0 aliphatic carbocycles. The summed E-state index contributed by atoms with van der Waals surface area (Å²) in [6.45, 7) is 28.0. The number of rotatable bonds is 5. The second-order valence-electron chi connectivity index (χ2n) is 22.3. The summed E-state index contributed by atoms with van der Waals surface area (Å²) in [6.07, 6.45) is 0. The highest BCUT2D eigenvalue weighted by atomic mass is 15.1. The fourth-order valence-electron chi connectivity index (χ4n) is 10.2. The third kappa shape index (κ3) is 6.85. The van der Waals surface area contributed by atoms with Gasteiger partial charge in [0, 0.05) is 32.9 Å². The van der Waals surface area contributed by atoms with E-state index in [1.54, 1.807) is 0 Å². The maximum atomic E-state index is 2.53. The summed E-state index contributed by atoms with van der Waals surface area (Å²) < 4.78 is 2.53. The maximum Gasteiger partial charge on any atom is 0.0541 e. The third-order valence-electron chi connectivity index (χ3n) is 13.7. The minimum atomic E-state index is -0.113. The topological polar surface area (TPSA) is 8.17 Å². The Balaban J connectivity index is 1.26. The Kier molecular flexibility index (Phi) is 9.48. The molecule has 1 aromatic heterocycles. The van der Waals surface area contributed by atoms with Crippen molar-refractivity contribution in [2.45, 2.75) is 105 Å². The minimum absolute atomic E-state index is 0.0369. The molecule has 0 unspecified atom stereocenters. The van der Waals surface area contributed by atoms with Crippen molar-refractivity contribution < 1.29 is 0 Å². The molecule has 2 heteroatoms. The molecule has 1 heterocycles. The number of anilines is 3. The predicted molar refractivity (Wildman–Crippen MR) is 279 cm³/mol. The lowest BCUT2D eigenvalue weighted by Crippen LogP contribution is -2.21. The predicted octanol–water partition coefficient (Wildman–Crippen LogP) is 18.0. The van der Waals surface area contributed by atoms with Gasteiger partial charge in [-0.1, -0.05) is 180 Å². The molecule has 0 spiro atoms. The van der Waals surface area contributed by atoms with Gasteiger partial charge >= 0.3 is 0 Å². The van der Waals surface area contributed by atoms with Crippen molar-refractivity contribution in [2.75, 3.05) is 4.90 Å². The maximum absolute atomic E-state index is 2.53. The second kappa shape index (κ2) is 14.6. The zero-order valence-electron chi connectivity index (χ0n) is 39.9. The average Bonchev–Trinajstić information content (AvgIpc) is 3.58. The van der Waals surface area contributed by atoms with E-state index >= 15 is 0 Å². The summed E-state index contributed by atoms with van der Waals surface area (Å²) in [5.74, 6) is 0. The van der Waals surface area contributed by atoms with Gasteiger partial charge in [0.05, 0.1) is 22.4 Å². The van der Waals surface area contributed by atoms with Crippen LogP contribution in [0.15, 0.2) is 158 Å². The summed E-state index contributed by atoms with van der Waals surface area (Å²) in [6, 6.07) is 60.0. The van der Waals surface area contributed by atoms with Crippen molar-refractivity contribution in [1.29, 1.82) is 0 Å². The van der Waals surface area contributed by atoms with E-state index < -0.39 is 0 Å². The summed E-state index contributed by atoms with van der Waals surface area (Å²) in [4.78, 5) is 2.51. The molecule has 0 saturated carbocycles. The summed E-state index contributed by atoms with van der Waals surface area (Å²) in [7, 11) is 0. The Bertz CT molecular complexity index is 3290. The summed E-state index contributed by atoms with van der Waals surface area (Å²) >= 11 is 0. The number of benzene rings is 9. The van der Waals surface area contributed by atoms with Crippen LogP contribution >= 0.6 is 0 Å². The van der Waals surface area contributed by atoms with Crippen molar-refractivity contribution in [3.63, 3.8) is 0 Å². The first-order valence-corrected chi connectivity index (χ1v) is 23.2. The molecule has 10 rings (SSSR count). The number of hydrogen-bond acceptors (Lipinski definition) is 1. The quantitative estimate of drug-likeness (QED) is 0.157. The molecule has 0 aliphatic heterocycles. The van der Waals surface area contributed by atoms with Gasteiger partial charge < -0.3 is 9.47 Å². The molecule has 2 nitrogen and oxygen atoms in total. The molecule has 0 aliphatic rings. The molecule has 9 aromatic carbocycles. The highest BCUT2D eigenvalue weighted by Crippen LogP contribution is 2.49. The zero-order valence-corrected chi connectivity index (χ0v) is 39.9. The fraction of sp³-hybridized carbons (Fsp3) is 0.258. The van der Waals surface area contributed by atoms with E-state index in [1.165, 1.54) is 105 Å². The van der Waals surface area contributed by atoms with Crippen LogP contribution in [0.3, 0.4) is 0 Å². The van der Waals surface area contributed by atoms with Gasteiger partial charge in [0.2, 0.25) is 0 Å². The van der Waals surface area contributed by atoms with E-state index in [2.05, 4.69) is 250 Å². The van der Waals surface area contributed by atoms with Gasteiger partial charge in [-0.25, -0.2) is 0 Å². The molecule has 0 bridgehead atoms. The summed E-state index contributed by atoms with van der Waals surface area (Å²) in [5, 5.41) is 10.2. The monoisotopic (exact) mass is 834 g/mol. The first-order valence-electron chi connectivity index (χ1n) is 23.2. The van der Waals surface area contributed by atoms with E-state index in [0.717, 1.165) is 5.69 Å². The SMILES string of the molecule is CC(C)(C)c1ccc2c(c1)c1cc(C(C)(C)C)ccc1n2-c1ccc2ccc3c(N(c4ccccc4)c4cc(C(C)(C)C)c(-c5ccccc5)c(C(C)(C)C)c4)ccc4ccc1c2c43. The Hall–Kier alpha value is -6.38. The number of aromatic nitrogens is 1. The lowest BCUT2D eigenvalue weighted by Gasteiger charge is -2.35. The fourth-order valence-corrected chi connectivity index (χ4v) is 10.2. The Labute approximate surface area is 380 Å². The van der Waals surface area contributed by atoms with Crippen LogP contribution in [0.5, 0.6) is 0 Å². The van der Waals surface area contributed by atoms with Gasteiger partial charge in [-0.05, 0) is 137 Å². The van der Waals surface area contributed by atoms with Crippen LogP contribution in [0.1, 0.15) is 105 Å². The highest BCUT2D eigenvalue weighted by molar-refractivity contribution is 6.27. The van der Waals surface area contributed by atoms with Crippen LogP contribution in [0, 0.1) is 0 Å². The molecule has 0 fully saturated rings. The van der Waals surface area contributed by atoms with Crippen LogP contribution in [0.25, 0.3) is 70.9 Å². The molecule has 64 heavy (non-hydrogen) atoms. The van der Waals surface area contributed by atoms with Crippen LogP contribution in [-0.2, 0) is 21.7 Å². The Morgan fingerprint density at radius 1 is 0.375 bits per heavy atom. The molecule has 0 atom stereocenters. The van der Waals surface area contributed by atoms with Crippen molar-refractivity contribution in [3.05, 3.63) is 180 Å². The van der Waals surface area contributed by atoms with E-state index in [-0.39, 0.29) is 21.7 Å². The lowest BCUT2D eigenvalue weighted by molar-refractivity contribution is 0.572. The largest absolute Gasteiger partial charge is 0.310 e. The number of hydrogen-bond donors (Lipinski definition) is 0. The summed E-state index contributed by atoms with van der Waals surface area (Å²) in [5.41, 5.74) is 15.0. The minimum Gasteiger partial charge on any atom is -0.310 e. The zero-order chi connectivity index (χ0) is 45.1. The smallest absolute Gasteiger partial charge is 0.0541 e.